The van der Waals surface area contributed by atoms with Crippen LogP contribution in [-0.4, -0.2) is 28.1 Å². The van der Waals surface area contributed by atoms with Gasteiger partial charge in [0.15, 0.2) is 0 Å². The Morgan fingerprint density at radius 3 is 2.48 bits per heavy atom. The number of fused-ring (bicyclic) bond motifs is 1. The molecule has 140 valence electrons. The molecule has 0 spiro atoms. The Morgan fingerprint density at radius 2 is 1.85 bits per heavy atom. The van der Waals surface area contributed by atoms with E-state index in [-0.39, 0.29) is 6.54 Å². The van der Waals surface area contributed by atoms with Crippen molar-refractivity contribution in [1.29, 1.82) is 0 Å². The third-order valence-corrected chi connectivity index (χ3v) is 4.30. The minimum atomic E-state index is -0.897. The molecule has 1 heterocycles. The van der Waals surface area contributed by atoms with Gasteiger partial charge in [0.25, 0.3) is 0 Å². The van der Waals surface area contributed by atoms with Gasteiger partial charge in [0, 0.05) is 22.7 Å². The van der Waals surface area contributed by atoms with Crippen LogP contribution in [0.1, 0.15) is 21.5 Å². The van der Waals surface area contributed by atoms with Crippen molar-refractivity contribution in [3.8, 4) is 5.75 Å². The molecule has 7 heteroatoms. The number of ether oxygens (including phenoxy) is 1. The van der Waals surface area contributed by atoms with E-state index in [0.29, 0.717) is 30.9 Å². The second-order valence-corrected chi connectivity index (χ2v) is 6.24. The standard InChI is InChI=1S/C20H21N3O4/c21-8-7-15-10-23(11-19(24)25)18-6-5-16(9-17(15)18)27-12-13-1-3-14(4-2-13)20(22)26/h1-6,9-10H,7-8,11-12,21H2,(H2,22,26)(H,24,25). The van der Waals surface area contributed by atoms with E-state index in [1.807, 2.05) is 24.4 Å². The summed E-state index contributed by atoms with van der Waals surface area (Å²) in [4.78, 5) is 22.2. The zero-order valence-corrected chi connectivity index (χ0v) is 14.7. The first-order valence-electron chi connectivity index (χ1n) is 8.53. The summed E-state index contributed by atoms with van der Waals surface area (Å²) in [6, 6.07) is 12.5. The SMILES string of the molecule is NCCc1cn(CC(=O)O)c2ccc(OCc3ccc(C(N)=O)cc3)cc12. The maximum absolute atomic E-state index is 11.1. The third kappa shape index (κ3) is 4.27. The van der Waals surface area contributed by atoms with E-state index in [0.717, 1.165) is 22.0 Å². The van der Waals surface area contributed by atoms with Crippen LogP contribution in [0, 0.1) is 0 Å². The van der Waals surface area contributed by atoms with Crippen LogP contribution in [0.4, 0.5) is 0 Å². The molecular weight excluding hydrogens is 346 g/mol. The topological polar surface area (TPSA) is 121 Å². The molecule has 0 saturated carbocycles. The lowest BCUT2D eigenvalue weighted by Crippen LogP contribution is -2.10. The number of nitrogens with two attached hydrogens (primary N) is 2. The van der Waals surface area contributed by atoms with E-state index in [1.54, 1.807) is 28.8 Å². The van der Waals surface area contributed by atoms with Gasteiger partial charge >= 0.3 is 5.97 Å². The van der Waals surface area contributed by atoms with Crippen LogP contribution in [0.5, 0.6) is 5.75 Å². The molecule has 3 rings (SSSR count). The molecule has 0 aliphatic heterocycles. The van der Waals surface area contributed by atoms with Crippen molar-refractivity contribution < 1.29 is 19.4 Å². The minimum Gasteiger partial charge on any atom is -0.489 e. The number of amides is 1. The Bertz CT molecular complexity index is 977. The first-order chi connectivity index (χ1) is 13.0. The Balaban J connectivity index is 1.81. The quantitative estimate of drug-likeness (QED) is 0.561. The highest BCUT2D eigenvalue weighted by Gasteiger charge is 2.11. The van der Waals surface area contributed by atoms with Gasteiger partial charge < -0.3 is 25.9 Å². The number of aliphatic carboxylic acids is 1. The van der Waals surface area contributed by atoms with Crippen LogP contribution in [0.25, 0.3) is 10.9 Å². The molecule has 1 amide bonds. The minimum absolute atomic E-state index is 0.104. The number of aromatic nitrogens is 1. The van der Waals surface area contributed by atoms with Gasteiger partial charge in [-0.05, 0) is 54.4 Å². The van der Waals surface area contributed by atoms with Crippen molar-refractivity contribution in [1.82, 2.24) is 4.57 Å². The van der Waals surface area contributed by atoms with Crippen molar-refractivity contribution in [2.45, 2.75) is 19.6 Å². The van der Waals surface area contributed by atoms with Crippen LogP contribution < -0.4 is 16.2 Å². The maximum Gasteiger partial charge on any atom is 0.323 e. The van der Waals surface area contributed by atoms with Gasteiger partial charge in [0.1, 0.15) is 18.9 Å². The average Bonchev–Trinajstić information content (AvgIpc) is 2.97. The van der Waals surface area contributed by atoms with E-state index in [9.17, 15) is 9.59 Å². The Hall–Kier alpha value is -3.32. The van der Waals surface area contributed by atoms with Gasteiger partial charge in [0.05, 0.1) is 0 Å². The fraction of sp³-hybridized carbons (Fsp3) is 0.200. The second-order valence-electron chi connectivity index (χ2n) is 6.24. The molecular formula is C20H21N3O4. The number of hydrogen-bond donors (Lipinski definition) is 3. The molecule has 0 bridgehead atoms. The lowest BCUT2D eigenvalue weighted by molar-refractivity contribution is -0.137. The molecule has 0 aliphatic carbocycles. The number of carbonyl (C=O) groups is 2. The summed E-state index contributed by atoms with van der Waals surface area (Å²) in [5, 5.41) is 10.0. The molecule has 3 aromatic rings. The fourth-order valence-electron chi connectivity index (χ4n) is 3.00. The third-order valence-electron chi connectivity index (χ3n) is 4.30. The van der Waals surface area contributed by atoms with E-state index in [2.05, 4.69) is 0 Å². The number of nitrogens with zero attached hydrogens (tertiary/aromatic N) is 1. The van der Waals surface area contributed by atoms with E-state index >= 15 is 0 Å². The van der Waals surface area contributed by atoms with Gasteiger partial charge in [-0.1, -0.05) is 12.1 Å². The molecule has 0 unspecified atom stereocenters. The van der Waals surface area contributed by atoms with Crippen LogP contribution in [0.2, 0.25) is 0 Å². The van der Waals surface area contributed by atoms with Crippen molar-refractivity contribution in [3.05, 3.63) is 65.4 Å². The van der Waals surface area contributed by atoms with Gasteiger partial charge in [-0.3, -0.25) is 9.59 Å². The summed E-state index contributed by atoms with van der Waals surface area (Å²) in [6.45, 7) is 0.712. The summed E-state index contributed by atoms with van der Waals surface area (Å²) in [5.74, 6) is -0.690. The molecule has 5 N–H and O–H groups in total. The second kappa shape index (κ2) is 7.92. The monoisotopic (exact) mass is 367 g/mol. The highest BCUT2D eigenvalue weighted by atomic mass is 16.5. The lowest BCUT2D eigenvalue weighted by atomic mass is 10.1. The predicted octanol–water partition coefficient (Wildman–Crippen LogP) is 1.90. The van der Waals surface area contributed by atoms with E-state index in [4.69, 9.17) is 21.3 Å². The Labute approximate surface area is 156 Å². The highest BCUT2D eigenvalue weighted by molar-refractivity contribution is 5.92. The molecule has 7 nitrogen and oxygen atoms in total. The summed E-state index contributed by atoms with van der Waals surface area (Å²) in [5.41, 5.74) is 14.1. The first kappa shape index (κ1) is 18.5. The van der Waals surface area contributed by atoms with Gasteiger partial charge in [-0.25, -0.2) is 0 Å². The zero-order valence-electron chi connectivity index (χ0n) is 14.7. The van der Waals surface area contributed by atoms with E-state index in [1.165, 1.54) is 0 Å². The first-order valence-corrected chi connectivity index (χ1v) is 8.53. The van der Waals surface area contributed by atoms with Gasteiger partial charge in [0.2, 0.25) is 5.91 Å². The molecule has 1 aromatic heterocycles. The number of rotatable bonds is 8. The van der Waals surface area contributed by atoms with Crippen LogP contribution >= 0.6 is 0 Å². The number of hydrogen-bond acceptors (Lipinski definition) is 4. The maximum atomic E-state index is 11.1. The van der Waals surface area contributed by atoms with Crippen molar-refractivity contribution in [3.63, 3.8) is 0 Å². The summed E-state index contributed by atoms with van der Waals surface area (Å²) >= 11 is 0. The van der Waals surface area contributed by atoms with Crippen LogP contribution in [0.3, 0.4) is 0 Å². The molecule has 27 heavy (non-hydrogen) atoms. The molecule has 0 radical (unpaired) electrons. The molecule has 0 saturated heterocycles. The number of carboxylic acids is 1. The van der Waals surface area contributed by atoms with Crippen LogP contribution in [-0.2, 0) is 24.4 Å². The van der Waals surface area contributed by atoms with Crippen molar-refractivity contribution in [2.24, 2.45) is 11.5 Å². The predicted molar refractivity (Wildman–Crippen MR) is 102 cm³/mol. The van der Waals surface area contributed by atoms with Gasteiger partial charge in [-0.15, -0.1) is 0 Å². The van der Waals surface area contributed by atoms with Gasteiger partial charge in [-0.2, -0.15) is 0 Å². The zero-order chi connectivity index (χ0) is 19.4. The summed E-state index contributed by atoms with van der Waals surface area (Å²) in [7, 11) is 0. The highest BCUT2D eigenvalue weighted by Crippen LogP contribution is 2.27. The number of carboxylic acid groups (broad SMARTS) is 1. The molecule has 2 aromatic carbocycles. The number of carbonyl (C=O) groups excluding carboxylic acids is 1. The Kier molecular flexibility index (Phi) is 5.42. The van der Waals surface area contributed by atoms with Crippen LogP contribution in [0.15, 0.2) is 48.7 Å². The normalized spacial score (nSPS) is 10.9. The Morgan fingerprint density at radius 1 is 1.11 bits per heavy atom. The van der Waals surface area contributed by atoms with E-state index < -0.39 is 11.9 Å². The summed E-state index contributed by atoms with van der Waals surface area (Å²) < 4.78 is 7.55. The average molecular weight is 367 g/mol. The summed E-state index contributed by atoms with van der Waals surface area (Å²) in [6.07, 6.45) is 2.49. The fourth-order valence-corrected chi connectivity index (χ4v) is 3.00. The molecule has 0 atom stereocenters. The number of primary amides is 1. The smallest absolute Gasteiger partial charge is 0.323 e. The van der Waals surface area contributed by atoms with Crippen molar-refractivity contribution in [2.75, 3.05) is 6.54 Å². The van der Waals surface area contributed by atoms with Crippen molar-refractivity contribution >= 4 is 22.8 Å². The number of benzene rings is 2. The lowest BCUT2D eigenvalue weighted by Gasteiger charge is -2.08. The molecule has 0 aliphatic rings. The molecule has 0 fully saturated rings. The largest absolute Gasteiger partial charge is 0.489 e.